The molecule has 1 N–H and O–H groups in total. The maximum Gasteiger partial charge on any atom is 0.407 e. The number of alkyl halides is 3. The van der Waals surface area contributed by atoms with Crippen LogP contribution in [-0.4, -0.2) is 59.3 Å². The van der Waals surface area contributed by atoms with Gasteiger partial charge < -0.3 is 0 Å². The fourth-order valence-corrected chi connectivity index (χ4v) is 6.71. The van der Waals surface area contributed by atoms with E-state index in [0.29, 0.717) is 0 Å². The number of Topliss-reactive ketones (excluding diaryl/α,β-unsaturated/α-hetero) is 3. The molecule has 236 valence electrons. The first-order valence-electron chi connectivity index (χ1n) is 13.3. The van der Waals surface area contributed by atoms with Gasteiger partial charge in [-0.3, -0.25) is 23.9 Å². The van der Waals surface area contributed by atoms with Crippen molar-refractivity contribution >= 4 is 37.3 Å². The number of nitrogens with one attached hydrogen (secondary N) is 1. The molecule has 0 spiro atoms. The second kappa shape index (κ2) is 13.7. The molecule has 0 aliphatic heterocycles. The Hall–Kier alpha value is -3.01. The maximum atomic E-state index is 14.2. The van der Waals surface area contributed by atoms with Crippen molar-refractivity contribution < 1.29 is 53.0 Å². The molecule has 1 saturated carbocycles. The summed E-state index contributed by atoms with van der Waals surface area (Å²) in [6.07, 6.45) is -4.22. The Morgan fingerprint density at radius 2 is 1.60 bits per heavy atom. The van der Waals surface area contributed by atoms with Crippen molar-refractivity contribution in [3.05, 3.63) is 59.9 Å². The Morgan fingerprint density at radius 1 is 1.00 bits per heavy atom. The molecule has 3 rings (SSSR count). The topological polar surface area (TPSA) is 141 Å². The first kappa shape index (κ1) is 34.5. The van der Waals surface area contributed by atoms with E-state index < -0.39 is 94.8 Å². The van der Waals surface area contributed by atoms with Gasteiger partial charge in [0.2, 0.25) is 5.78 Å². The summed E-state index contributed by atoms with van der Waals surface area (Å²) < 4.78 is 111. The zero-order valence-corrected chi connectivity index (χ0v) is 24.9. The van der Waals surface area contributed by atoms with Crippen LogP contribution in [0.25, 0.3) is 0 Å². The standard InChI is InChI=1S/C28H31F4NO8S2/c1-3-18(26(36)25(35)13-17-7-8-17)14-24(34)23(33-27(28(30,31)32)19-9-11-20(29)12-10-19)16-42(37,38)21-5-4-6-22(15-21)43(39,40)41-2/h4-6,9-12,15,17-18,23,27,33H,3,7-8,13-14,16H2,1-2H3/t18-,23+,27+/m1/s1. The number of hydrogen-bond donors (Lipinski definition) is 1. The van der Waals surface area contributed by atoms with Gasteiger partial charge in [-0.15, -0.1) is 0 Å². The molecule has 0 saturated heterocycles. The number of benzene rings is 2. The molecule has 3 atom stereocenters. The molecule has 2 aromatic rings. The molecule has 0 heterocycles. The van der Waals surface area contributed by atoms with Crippen LogP contribution in [0.1, 0.15) is 50.6 Å². The highest BCUT2D eigenvalue weighted by Gasteiger charge is 2.44. The smallest absolute Gasteiger partial charge is 0.298 e. The summed E-state index contributed by atoms with van der Waals surface area (Å²) in [7, 11) is -8.14. The largest absolute Gasteiger partial charge is 0.407 e. The highest BCUT2D eigenvalue weighted by atomic mass is 32.2. The third-order valence-electron chi connectivity index (χ3n) is 7.10. The van der Waals surface area contributed by atoms with Crippen LogP contribution in [0.5, 0.6) is 0 Å². The summed E-state index contributed by atoms with van der Waals surface area (Å²) in [6.45, 7) is 1.51. The lowest BCUT2D eigenvalue weighted by Crippen LogP contribution is -2.49. The number of hydrogen-bond acceptors (Lipinski definition) is 9. The summed E-state index contributed by atoms with van der Waals surface area (Å²) in [6, 6.07) is 2.36. The van der Waals surface area contributed by atoms with E-state index in [1.807, 2.05) is 5.32 Å². The van der Waals surface area contributed by atoms with Crippen LogP contribution in [0.2, 0.25) is 0 Å². The summed E-state index contributed by atoms with van der Waals surface area (Å²) in [5.74, 6) is -5.83. The fraction of sp³-hybridized carbons (Fsp3) is 0.464. The summed E-state index contributed by atoms with van der Waals surface area (Å²) in [5, 5.41) is 2.04. The van der Waals surface area contributed by atoms with Gasteiger partial charge in [-0.2, -0.15) is 21.6 Å². The number of rotatable bonds is 16. The average Bonchev–Trinajstić information content (AvgIpc) is 3.77. The molecule has 0 radical (unpaired) electrons. The van der Waals surface area contributed by atoms with Gasteiger partial charge in [0.15, 0.2) is 21.4 Å². The van der Waals surface area contributed by atoms with Gasteiger partial charge in [0.25, 0.3) is 10.1 Å². The Labute approximate surface area is 247 Å². The molecule has 1 aliphatic rings. The van der Waals surface area contributed by atoms with E-state index in [1.54, 1.807) is 0 Å². The first-order valence-corrected chi connectivity index (χ1v) is 16.4. The lowest BCUT2D eigenvalue weighted by Gasteiger charge is -2.28. The highest BCUT2D eigenvalue weighted by Crippen LogP contribution is 2.35. The molecule has 0 aromatic heterocycles. The molecule has 1 aliphatic carbocycles. The predicted octanol–water partition coefficient (Wildman–Crippen LogP) is 4.12. The van der Waals surface area contributed by atoms with E-state index in [1.165, 1.54) is 6.92 Å². The SMILES string of the molecule is CC[C@H](CC(=O)[C@H](CS(=O)(=O)c1cccc(S(=O)(=O)OC)c1)N[C@@H](c1ccc(F)cc1)C(F)(F)F)C(=O)C(=O)CC1CC1. The lowest BCUT2D eigenvalue weighted by atomic mass is 9.89. The molecule has 15 heteroatoms. The van der Waals surface area contributed by atoms with Crippen LogP contribution < -0.4 is 5.32 Å². The van der Waals surface area contributed by atoms with Crippen LogP contribution in [0, 0.1) is 17.7 Å². The van der Waals surface area contributed by atoms with Crippen LogP contribution in [-0.2, 0) is 38.5 Å². The molecule has 0 amide bonds. The van der Waals surface area contributed by atoms with Crippen molar-refractivity contribution in [2.75, 3.05) is 12.9 Å². The van der Waals surface area contributed by atoms with Crippen molar-refractivity contribution in [2.45, 2.75) is 67.1 Å². The number of carbonyl (C=O) groups is 3. The highest BCUT2D eigenvalue weighted by molar-refractivity contribution is 7.91. The van der Waals surface area contributed by atoms with E-state index in [-0.39, 0.29) is 18.8 Å². The minimum atomic E-state index is -5.08. The number of halogens is 4. The van der Waals surface area contributed by atoms with Crippen LogP contribution >= 0.6 is 0 Å². The van der Waals surface area contributed by atoms with Crippen molar-refractivity contribution in [2.24, 2.45) is 11.8 Å². The normalized spacial score (nSPS) is 16.3. The molecule has 9 nitrogen and oxygen atoms in total. The molecule has 0 bridgehead atoms. The monoisotopic (exact) mass is 649 g/mol. The zero-order chi connectivity index (χ0) is 32.2. The second-order valence-electron chi connectivity index (χ2n) is 10.3. The van der Waals surface area contributed by atoms with E-state index in [2.05, 4.69) is 4.18 Å². The van der Waals surface area contributed by atoms with Crippen molar-refractivity contribution in [1.29, 1.82) is 0 Å². The van der Waals surface area contributed by atoms with Gasteiger partial charge in [0, 0.05) is 18.8 Å². The maximum absolute atomic E-state index is 14.2. The quantitative estimate of drug-likeness (QED) is 0.162. The molecule has 1 fully saturated rings. The minimum absolute atomic E-state index is 0.00101. The summed E-state index contributed by atoms with van der Waals surface area (Å²) >= 11 is 0. The van der Waals surface area contributed by atoms with Gasteiger partial charge in [0.05, 0.1) is 28.7 Å². The van der Waals surface area contributed by atoms with E-state index in [4.69, 9.17) is 0 Å². The average molecular weight is 650 g/mol. The first-order chi connectivity index (χ1) is 20.0. The van der Waals surface area contributed by atoms with E-state index >= 15 is 0 Å². The third-order valence-corrected chi connectivity index (χ3v) is 10.1. The van der Waals surface area contributed by atoms with Crippen LogP contribution in [0.3, 0.4) is 0 Å². The number of carbonyl (C=O) groups excluding carboxylic acids is 3. The molecule has 43 heavy (non-hydrogen) atoms. The number of ketones is 3. The Kier molecular flexibility index (Phi) is 11.0. The second-order valence-corrected chi connectivity index (χ2v) is 14.1. The van der Waals surface area contributed by atoms with Gasteiger partial charge in [-0.05, 0) is 61.1 Å². The van der Waals surface area contributed by atoms with Crippen molar-refractivity contribution in [3.63, 3.8) is 0 Å². The Balaban J connectivity index is 1.99. The summed E-state index contributed by atoms with van der Waals surface area (Å²) in [5.41, 5.74) is -0.514. The van der Waals surface area contributed by atoms with Crippen LogP contribution in [0.15, 0.2) is 58.3 Å². The van der Waals surface area contributed by atoms with Gasteiger partial charge in [-0.25, -0.2) is 12.8 Å². The van der Waals surface area contributed by atoms with E-state index in [0.717, 1.165) is 68.5 Å². The van der Waals surface area contributed by atoms with Crippen molar-refractivity contribution in [3.8, 4) is 0 Å². The van der Waals surface area contributed by atoms with Crippen molar-refractivity contribution in [1.82, 2.24) is 5.32 Å². The molecule has 0 unspecified atom stereocenters. The minimum Gasteiger partial charge on any atom is -0.298 e. The fourth-order valence-electron chi connectivity index (χ4n) is 4.43. The lowest BCUT2D eigenvalue weighted by molar-refractivity contribution is -0.160. The molecular weight excluding hydrogens is 618 g/mol. The predicted molar refractivity (Wildman–Crippen MR) is 146 cm³/mol. The molecule has 2 aromatic carbocycles. The number of sulfone groups is 1. The van der Waals surface area contributed by atoms with Gasteiger partial charge >= 0.3 is 6.18 Å². The Bertz CT molecular complexity index is 1550. The van der Waals surface area contributed by atoms with Crippen LogP contribution in [0.4, 0.5) is 17.6 Å². The van der Waals surface area contributed by atoms with Gasteiger partial charge in [-0.1, -0.05) is 25.1 Å². The van der Waals surface area contributed by atoms with E-state index in [9.17, 15) is 48.8 Å². The molecular formula is C28H31F4NO8S2. The summed E-state index contributed by atoms with van der Waals surface area (Å²) in [4.78, 5) is 37.5. The van der Waals surface area contributed by atoms with Gasteiger partial charge in [0.1, 0.15) is 11.9 Å². The zero-order valence-electron chi connectivity index (χ0n) is 23.3. The third kappa shape index (κ3) is 9.24. The Morgan fingerprint density at radius 3 is 2.14 bits per heavy atom.